The Morgan fingerprint density at radius 3 is 2.21 bits per heavy atom. The Morgan fingerprint density at radius 2 is 1.86 bits per heavy atom. The quantitative estimate of drug-likeness (QED) is 0.587. The molecule has 0 aliphatic carbocycles. The Morgan fingerprint density at radius 1 is 1.29 bits per heavy atom. The summed E-state index contributed by atoms with van der Waals surface area (Å²) in [4.78, 5) is 0. The lowest BCUT2D eigenvalue weighted by molar-refractivity contribution is -0.106. The summed E-state index contributed by atoms with van der Waals surface area (Å²) in [7, 11) is 8.79. The molecule has 4 atom stereocenters. The lowest BCUT2D eigenvalue weighted by Crippen LogP contribution is -2.39. The molecule has 0 saturated heterocycles. The molecule has 82 valence electrons. The van der Waals surface area contributed by atoms with Gasteiger partial charge in [-0.05, 0) is 13.8 Å². The monoisotopic (exact) mass is 202 g/mol. The van der Waals surface area contributed by atoms with Crippen LogP contribution < -0.4 is 0 Å². The van der Waals surface area contributed by atoms with E-state index in [0.717, 1.165) is 0 Å². The van der Waals surface area contributed by atoms with E-state index >= 15 is 0 Å². The van der Waals surface area contributed by atoms with Crippen LogP contribution in [0, 0.1) is 0 Å². The Bertz CT molecular complexity index is 143. The predicted octanol–water partition coefficient (Wildman–Crippen LogP) is -0.0717. The van der Waals surface area contributed by atoms with Gasteiger partial charge in [0.05, 0.1) is 18.8 Å². The first-order valence-electron chi connectivity index (χ1n) is 4.63. The molecule has 14 heavy (non-hydrogen) atoms. The second kappa shape index (κ2) is 7.23. The Kier molecular flexibility index (Phi) is 7.18. The zero-order chi connectivity index (χ0) is 11.1. The molecule has 2 radical (unpaired) electrons. The molecule has 0 aromatic rings. The number of hydrogen-bond acceptors (Lipinski definition) is 4. The molecular weight excluding hydrogens is 183 g/mol. The van der Waals surface area contributed by atoms with Gasteiger partial charge in [-0.15, -0.1) is 0 Å². The van der Waals surface area contributed by atoms with Crippen molar-refractivity contribution in [1.29, 1.82) is 0 Å². The van der Waals surface area contributed by atoms with Gasteiger partial charge in [-0.3, -0.25) is 0 Å². The fourth-order valence-corrected chi connectivity index (χ4v) is 0.903. The van der Waals surface area contributed by atoms with Gasteiger partial charge in [-0.2, -0.15) is 0 Å². The molecular formula is C9H19BO4. The van der Waals surface area contributed by atoms with Gasteiger partial charge in [0.1, 0.15) is 14.0 Å². The zero-order valence-electron chi connectivity index (χ0n) is 9.27. The molecule has 0 heterocycles. The molecule has 4 nitrogen and oxygen atoms in total. The van der Waals surface area contributed by atoms with Gasteiger partial charge >= 0.3 is 0 Å². The van der Waals surface area contributed by atoms with Crippen LogP contribution in [0.4, 0.5) is 0 Å². The van der Waals surface area contributed by atoms with E-state index in [1.54, 1.807) is 28.1 Å². The fourth-order valence-electron chi connectivity index (χ4n) is 0.903. The van der Waals surface area contributed by atoms with Gasteiger partial charge in [0.15, 0.2) is 0 Å². The summed E-state index contributed by atoms with van der Waals surface area (Å²) in [5, 5.41) is 9.35. The van der Waals surface area contributed by atoms with Crippen molar-refractivity contribution in [3.8, 4) is 0 Å². The topological polar surface area (TPSA) is 47.9 Å². The zero-order valence-corrected chi connectivity index (χ0v) is 9.27. The molecule has 1 N–H and O–H groups in total. The minimum atomic E-state index is -0.620. The van der Waals surface area contributed by atoms with Gasteiger partial charge in [0.2, 0.25) is 0 Å². The van der Waals surface area contributed by atoms with Crippen LogP contribution in [0.1, 0.15) is 13.8 Å². The van der Waals surface area contributed by atoms with E-state index in [-0.39, 0.29) is 6.10 Å². The molecule has 1 unspecified atom stereocenters. The Labute approximate surface area is 86.9 Å². The van der Waals surface area contributed by atoms with Crippen molar-refractivity contribution < 1.29 is 19.3 Å². The third-order valence-corrected chi connectivity index (χ3v) is 2.04. The standard InChI is InChI=1S/C9H19BO4/c1-6(11)8(5-12-3)14-9(10)7(2)13-4/h6-9,11H,5H2,1-4H3/t6-,7+,8-,9?/m1/s1. The van der Waals surface area contributed by atoms with Gasteiger partial charge in [0, 0.05) is 20.2 Å². The van der Waals surface area contributed by atoms with Crippen molar-refractivity contribution in [2.24, 2.45) is 0 Å². The maximum atomic E-state index is 9.35. The van der Waals surface area contributed by atoms with E-state index < -0.39 is 18.2 Å². The molecule has 0 aliphatic rings. The van der Waals surface area contributed by atoms with Crippen LogP contribution >= 0.6 is 0 Å². The molecule has 0 aliphatic heterocycles. The molecule has 5 heteroatoms. The van der Waals surface area contributed by atoms with Crippen LogP contribution in [0.3, 0.4) is 0 Å². The van der Waals surface area contributed by atoms with E-state index in [1.165, 1.54) is 0 Å². The van der Waals surface area contributed by atoms with E-state index in [0.29, 0.717) is 6.61 Å². The molecule has 0 aromatic carbocycles. The number of aliphatic hydroxyl groups excluding tert-OH is 1. The van der Waals surface area contributed by atoms with Gasteiger partial charge in [-0.1, -0.05) is 0 Å². The Hall–Kier alpha value is -0.0951. The summed E-state index contributed by atoms with van der Waals surface area (Å²) in [6.07, 6.45) is -1.26. The number of ether oxygens (including phenoxy) is 3. The first kappa shape index (κ1) is 13.9. The highest BCUT2D eigenvalue weighted by molar-refractivity contribution is 6.11. The summed E-state index contributed by atoms with van der Waals surface area (Å²) in [5.41, 5.74) is 0. The smallest absolute Gasteiger partial charge is 0.112 e. The summed E-state index contributed by atoms with van der Waals surface area (Å²) in [6.45, 7) is 3.74. The summed E-state index contributed by atoms with van der Waals surface area (Å²) in [5.74, 6) is 0. The SMILES string of the molecule is [B]C(O[C@H](COC)[C@@H](C)O)[C@H](C)OC. The average Bonchev–Trinajstić information content (AvgIpc) is 2.15. The fraction of sp³-hybridized carbons (Fsp3) is 1.00. The van der Waals surface area contributed by atoms with Gasteiger partial charge in [0.25, 0.3) is 0 Å². The molecule has 0 saturated carbocycles. The van der Waals surface area contributed by atoms with Crippen molar-refractivity contribution in [3.05, 3.63) is 0 Å². The van der Waals surface area contributed by atoms with Crippen molar-refractivity contribution in [2.75, 3.05) is 20.8 Å². The van der Waals surface area contributed by atoms with E-state index in [4.69, 9.17) is 22.1 Å². The number of aliphatic hydroxyl groups is 1. The van der Waals surface area contributed by atoms with Crippen LogP contribution in [-0.2, 0) is 14.2 Å². The highest BCUT2D eigenvalue weighted by atomic mass is 16.6. The molecule has 0 rings (SSSR count). The maximum Gasteiger partial charge on any atom is 0.112 e. The van der Waals surface area contributed by atoms with E-state index in [2.05, 4.69) is 0 Å². The third-order valence-electron chi connectivity index (χ3n) is 2.04. The third kappa shape index (κ3) is 4.95. The average molecular weight is 202 g/mol. The lowest BCUT2D eigenvalue weighted by atomic mass is 9.94. The Balaban J connectivity index is 4.01. The highest BCUT2D eigenvalue weighted by Crippen LogP contribution is 2.07. The van der Waals surface area contributed by atoms with Crippen molar-refractivity contribution >= 4 is 7.85 Å². The number of methoxy groups -OCH3 is 2. The minimum absolute atomic E-state index is 0.215. The normalized spacial score (nSPS) is 20.1. The van der Waals surface area contributed by atoms with Crippen molar-refractivity contribution in [1.82, 2.24) is 0 Å². The van der Waals surface area contributed by atoms with Crippen LogP contribution in [0.15, 0.2) is 0 Å². The number of hydrogen-bond donors (Lipinski definition) is 1. The van der Waals surface area contributed by atoms with Crippen LogP contribution in [-0.4, -0.2) is 58.1 Å². The summed E-state index contributed by atoms with van der Waals surface area (Å²) >= 11 is 0. The molecule has 0 bridgehead atoms. The van der Waals surface area contributed by atoms with Crippen molar-refractivity contribution in [3.63, 3.8) is 0 Å². The second-order valence-electron chi connectivity index (χ2n) is 3.28. The van der Waals surface area contributed by atoms with E-state index in [1.807, 2.05) is 0 Å². The van der Waals surface area contributed by atoms with Crippen LogP contribution in [0.2, 0.25) is 0 Å². The first-order valence-corrected chi connectivity index (χ1v) is 4.63. The van der Waals surface area contributed by atoms with E-state index in [9.17, 15) is 5.11 Å². The molecule has 0 fully saturated rings. The van der Waals surface area contributed by atoms with Crippen LogP contribution in [0.5, 0.6) is 0 Å². The van der Waals surface area contributed by atoms with Crippen LogP contribution in [0.25, 0.3) is 0 Å². The summed E-state index contributed by atoms with van der Waals surface area (Å²) < 4.78 is 15.3. The lowest BCUT2D eigenvalue weighted by Gasteiger charge is -2.27. The van der Waals surface area contributed by atoms with Gasteiger partial charge in [-0.25, -0.2) is 0 Å². The largest absolute Gasteiger partial charge is 0.391 e. The molecule has 0 spiro atoms. The van der Waals surface area contributed by atoms with Gasteiger partial charge < -0.3 is 19.3 Å². The molecule has 0 aromatic heterocycles. The number of rotatable bonds is 7. The highest BCUT2D eigenvalue weighted by Gasteiger charge is 2.21. The second-order valence-corrected chi connectivity index (χ2v) is 3.28. The minimum Gasteiger partial charge on any atom is -0.391 e. The maximum absolute atomic E-state index is 9.35. The molecule has 0 amide bonds. The van der Waals surface area contributed by atoms with Crippen molar-refractivity contribution in [2.45, 2.75) is 38.2 Å². The summed E-state index contributed by atoms with van der Waals surface area (Å²) in [6, 6.07) is -0.560. The predicted molar refractivity (Wildman–Crippen MR) is 54.4 cm³/mol. The first-order chi connectivity index (χ1) is 6.52.